The Morgan fingerprint density at radius 2 is 1.27 bits per heavy atom. The van der Waals surface area contributed by atoms with Crippen LogP contribution in [0.15, 0.2) is 0 Å². The molecule has 0 saturated heterocycles. The number of esters is 1. The largest absolute Gasteiger partial charge is 0.459 e. The first-order valence-electron chi connectivity index (χ1n) is 9.78. The highest BCUT2D eigenvalue weighted by Crippen LogP contribution is 2.49. The van der Waals surface area contributed by atoms with E-state index in [9.17, 15) is 18.0 Å². The van der Waals surface area contributed by atoms with Crippen molar-refractivity contribution in [2.75, 3.05) is 0 Å². The Kier molecular flexibility index (Phi) is 8.27. The van der Waals surface area contributed by atoms with Gasteiger partial charge in [-0.3, -0.25) is 4.79 Å². The standard InChI is InChI=1S/C21H39F3O2/c1-10-18(7,8)15-19(9,17(4,5)6)16(25)26-20(11-2,12-3)13-14-21(22,23)24/h10-15H2,1-9H3. The van der Waals surface area contributed by atoms with E-state index in [1.165, 1.54) is 0 Å². The number of rotatable bonds is 9. The topological polar surface area (TPSA) is 26.3 Å². The second-order valence-corrected chi connectivity index (χ2v) is 9.67. The maximum atomic E-state index is 13.3. The zero-order valence-corrected chi connectivity index (χ0v) is 18.2. The summed E-state index contributed by atoms with van der Waals surface area (Å²) < 4.78 is 44.1. The van der Waals surface area contributed by atoms with Gasteiger partial charge >= 0.3 is 12.1 Å². The lowest BCUT2D eigenvalue weighted by molar-refractivity contribution is -0.190. The van der Waals surface area contributed by atoms with Gasteiger partial charge < -0.3 is 4.74 Å². The summed E-state index contributed by atoms with van der Waals surface area (Å²) in [7, 11) is 0. The predicted molar refractivity (Wildman–Crippen MR) is 101 cm³/mol. The van der Waals surface area contributed by atoms with E-state index in [2.05, 4.69) is 20.8 Å². The number of halogens is 3. The minimum atomic E-state index is -4.25. The molecule has 26 heavy (non-hydrogen) atoms. The molecule has 0 saturated carbocycles. The summed E-state index contributed by atoms with van der Waals surface area (Å²) in [6, 6.07) is 0. The molecule has 156 valence electrons. The van der Waals surface area contributed by atoms with E-state index < -0.39 is 23.6 Å². The average molecular weight is 381 g/mol. The van der Waals surface area contributed by atoms with E-state index in [0.29, 0.717) is 19.3 Å². The fourth-order valence-electron chi connectivity index (χ4n) is 3.20. The van der Waals surface area contributed by atoms with E-state index in [-0.39, 0.29) is 23.2 Å². The summed E-state index contributed by atoms with van der Waals surface area (Å²) in [5.41, 5.74) is -2.27. The van der Waals surface area contributed by atoms with Crippen molar-refractivity contribution in [2.24, 2.45) is 16.2 Å². The summed E-state index contributed by atoms with van der Waals surface area (Å²) in [6.07, 6.45) is -3.08. The fourth-order valence-corrected chi connectivity index (χ4v) is 3.20. The molecule has 0 fully saturated rings. The highest BCUT2D eigenvalue weighted by Gasteiger charge is 2.50. The molecule has 0 aliphatic heterocycles. The molecule has 0 aromatic heterocycles. The van der Waals surface area contributed by atoms with Gasteiger partial charge in [0.1, 0.15) is 5.60 Å². The number of ether oxygens (including phenoxy) is 1. The van der Waals surface area contributed by atoms with Gasteiger partial charge in [-0.15, -0.1) is 0 Å². The van der Waals surface area contributed by atoms with Crippen molar-refractivity contribution in [3.63, 3.8) is 0 Å². The molecule has 0 aliphatic rings. The molecule has 0 radical (unpaired) electrons. The molecule has 5 heteroatoms. The molecule has 1 atom stereocenters. The van der Waals surface area contributed by atoms with Crippen LogP contribution in [0.1, 0.15) is 101 Å². The van der Waals surface area contributed by atoms with Crippen LogP contribution in [0.4, 0.5) is 13.2 Å². The lowest BCUT2D eigenvalue weighted by Gasteiger charge is -2.46. The predicted octanol–water partition coefficient (Wildman–Crippen LogP) is 7.31. The van der Waals surface area contributed by atoms with Crippen LogP contribution in [0, 0.1) is 16.2 Å². The van der Waals surface area contributed by atoms with Crippen LogP contribution in [0.3, 0.4) is 0 Å². The van der Waals surface area contributed by atoms with Crippen molar-refractivity contribution < 1.29 is 22.7 Å². The van der Waals surface area contributed by atoms with Gasteiger partial charge in [-0.25, -0.2) is 0 Å². The molecule has 0 bridgehead atoms. The zero-order chi connectivity index (χ0) is 21.0. The Hall–Kier alpha value is -0.740. The van der Waals surface area contributed by atoms with Gasteiger partial charge in [-0.1, -0.05) is 61.8 Å². The van der Waals surface area contributed by atoms with Gasteiger partial charge in [0.15, 0.2) is 0 Å². The van der Waals surface area contributed by atoms with E-state index in [0.717, 1.165) is 6.42 Å². The van der Waals surface area contributed by atoms with Crippen molar-refractivity contribution in [1.29, 1.82) is 0 Å². The van der Waals surface area contributed by atoms with Crippen molar-refractivity contribution in [3.05, 3.63) is 0 Å². The van der Waals surface area contributed by atoms with E-state index in [4.69, 9.17) is 4.74 Å². The van der Waals surface area contributed by atoms with Gasteiger partial charge in [0.05, 0.1) is 5.41 Å². The number of carbonyl (C=O) groups is 1. The fraction of sp³-hybridized carbons (Fsp3) is 0.952. The monoisotopic (exact) mass is 380 g/mol. The molecule has 0 N–H and O–H groups in total. The summed E-state index contributed by atoms with van der Waals surface area (Å²) >= 11 is 0. The Labute approximate surface area is 158 Å². The van der Waals surface area contributed by atoms with Gasteiger partial charge in [-0.2, -0.15) is 13.2 Å². The normalized spacial score (nSPS) is 16.3. The van der Waals surface area contributed by atoms with Gasteiger partial charge in [-0.05, 0) is 43.4 Å². The highest BCUT2D eigenvalue weighted by molar-refractivity contribution is 5.78. The molecular formula is C21H39F3O2. The smallest absolute Gasteiger partial charge is 0.389 e. The van der Waals surface area contributed by atoms with Gasteiger partial charge in [0.25, 0.3) is 0 Å². The first-order chi connectivity index (χ1) is 11.5. The van der Waals surface area contributed by atoms with Crippen LogP contribution in [-0.2, 0) is 9.53 Å². The molecule has 0 aromatic carbocycles. The van der Waals surface area contributed by atoms with Crippen molar-refractivity contribution in [3.8, 4) is 0 Å². The summed E-state index contributed by atoms with van der Waals surface area (Å²) in [4.78, 5) is 13.3. The number of hydrogen-bond acceptors (Lipinski definition) is 2. The van der Waals surface area contributed by atoms with E-state index in [1.807, 2.05) is 27.7 Å². The molecule has 0 aromatic rings. The second kappa shape index (κ2) is 8.52. The lowest BCUT2D eigenvalue weighted by Crippen LogP contribution is -2.48. The molecule has 2 nitrogen and oxygen atoms in total. The van der Waals surface area contributed by atoms with E-state index >= 15 is 0 Å². The van der Waals surface area contributed by atoms with Crippen LogP contribution < -0.4 is 0 Å². The molecule has 0 heterocycles. The number of carbonyl (C=O) groups excluding carboxylic acids is 1. The minimum Gasteiger partial charge on any atom is -0.459 e. The van der Waals surface area contributed by atoms with Crippen molar-refractivity contribution in [2.45, 2.75) is 113 Å². The third kappa shape index (κ3) is 6.77. The zero-order valence-electron chi connectivity index (χ0n) is 18.2. The first-order valence-corrected chi connectivity index (χ1v) is 9.78. The third-order valence-corrected chi connectivity index (χ3v) is 6.36. The maximum absolute atomic E-state index is 13.3. The van der Waals surface area contributed by atoms with E-state index in [1.54, 1.807) is 13.8 Å². The molecule has 0 amide bonds. The third-order valence-electron chi connectivity index (χ3n) is 6.36. The summed E-state index contributed by atoms with van der Waals surface area (Å²) in [5.74, 6) is -0.377. The molecule has 0 rings (SSSR count). The van der Waals surface area contributed by atoms with Crippen LogP contribution in [-0.4, -0.2) is 17.7 Å². The number of alkyl halides is 3. The quantitative estimate of drug-likeness (QED) is 0.392. The van der Waals surface area contributed by atoms with Crippen LogP contribution >= 0.6 is 0 Å². The molecule has 0 spiro atoms. The Morgan fingerprint density at radius 3 is 1.58 bits per heavy atom. The summed E-state index contributed by atoms with van der Waals surface area (Å²) in [6.45, 7) is 17.8. The first kappa shape index (κ1) is 25.3. The molecular weight excluding hydrogens is 341 g/mol. The maximum Gasteiger partial charge on any atom is 0.389 e. The molecule has 1 unspecified atom stereocenters. The van der Waals surface area contributed by atoms with Crippen LogP contribution in [0.25, 0.3) is 0 Å². The lowest BCUT2D eigenvalue weighted by atomic mass is 9.60. The van der Waals surface area contributed by atoms with Gasteiger partial charge in [0, 0.05) is 6.42 Å². The van der Waals surface area contributed by atoms with Crippen LogP contribution in [0.5, 0.6) is 0 Å². The van der Waals surface area contributed by atoms with Gasteiger partial charge in [0.2, 0.25) is 0 Å². The number of hydrogen-bond donors (Lipinski definition) is 0. The Morgan fingerprint density at radius 1 is 0.808 bits per heavy atom. The molecule has 0 aliphatic carbocycles. The SMILES string of the molecule is CCC(C)(C)CC(C)(C(=O)OC(CC)(CC)CCC(F)(F)F)C(C)(C)C. The second-order valence-electron chi connectivity index (χ2n) is 9.67. The van der Waals surface area contributed by atoms with Crippen molar-refractivity contribution >= 4 is 5.97 Å². The van der Waals surface area contributed by atoms with Crippen LogP contribution in [0.2, 0.25) is 0 Å². The highest BCUT2D eigenvalue weighted by atomic mass is 19.4. The minimum absolute atomic E-state index is 0.0614. The summed E-state index contributed by atoms with van der Waals surface area (Å²) in [5, 5.41) is 0. The van der Waals surface area contributed by atoms with Crippen molar-refractivity contribution in [1.82, 2.24) is 0 Å². The Bertz CT molecular complexity index is 457. The average Bonchev–Trinajstić information content (AvgIpc) is 2.49. The Balaban J connectivity index is 5.69.